The maximum atomic E-state index is 12.1. The standard InChI is InChI=1S/C18H26N4O4S/c1-6-22(7-2)11-15(23)19-18-21-20-17(27-18)12-9-13(24-4)16(26-8-3)14(10-12)25-5/h9-10H,6-8,11H2,1-5H3,(H,19,21,23). The zero-order valence-electron chi connectivity index (χ0n) is 16.4. The normalized spacial score (nSPS) is 10.7. The Hall–Kier alpha value is -2.39. The smallest absolute Gasteiger partial charge is 0.240 e. The van der Waals surface area contributed by atoms with Gasteiger partial charge in [0.2, 0.25) is 16.8 Å². The summed E-state index contributed by atoms with van der Waals surface area (Å²) in [5, 5.41) is 12.1. The van der Waals surface area contributed by atoms with Gasteiger partial charge >= 0.3 is 0 Å². The van der Waals surface area contributed by atoms with Crippen molar-refractivity contribution in [1.29, 1.82) is 0 Å². The van der Waals surface area contributed by atoms with E-state index in [9.17, 15) is 4.79 Å². The Kier molecular flexibility index (Phi) is 7.81. The van der Waals surface area contributed by atoms with Crippen molar-refractivity contribution in [2.45, 2.75) is 20.8 Å². The molecule has 1 heterocycles. The number of carbonyl (C=O) groups excluding carboxylic acids is 1. The zero-order chi connectivity index (χ0) is 19.8. The lowest BCUT2D eigenvalue weighted by molar-refractivity contribution is -0.117. The average molecular weight is 394 g/mol. The highest BCUT2D eigenvalue weighted by atomic mass is 32.1. The maximum absolute atomic E-state index is 12.1. The molecule has 0 saturated heterocycles. The number of hydrogen-bond acceptors (Lipinski definition) is 8. The molecule has 148 valence electrons. The Labute approximate surface area is 163 Å². The van der Waals surface area contributed by atoms with Crippen LogP contribution in [0.4, 0.5) is 5.13 Å². The predicted molar refractivity (Wildman–Crippen MR) is 106 cm³/mol. The fraction of sp³-hybridized carbons (Fsp3) is 0.500. The molecule has 0 saturated carbocycles. The number of rotatable bonds is 10. The van der Waals surface area contributed by atoms with Gasteiger partial charge in [-0.2, -0.15) is 0 Å². The van der Waals surface area contributed by atoms with Crippen LogP contribution in [0.15, 0.2) is 12.1 Å². The van der Waals surface area contributed by atoms with Crippen molar-refractivity contribution >= 4 is 22.4 Å². The molecule has 0 bridgehead atoms. The van der Waals surface area contributed by atoms with Gasteiger partial charge in [0, 0.05) is 5.56 Å². The van der Waals surface area contributed by atoms with Gasteiger partial charge in [0.15, 0.2) is 11.5 Å². The van der Waals surface area contributed by atoms with Gasteiger partial charge in [-0.05, 0) is 32.1 Å². The summed E-state index contributed by atoms with van der Waals surface area (Å²) in [5.74, 6) is 1.54. The van der Waals surface area contributed by atoms with Crippen LogP contribution in [-0.2, 0) is 4.79 Å². The van der Waals surface area contributed by atoms with E-state index in [-0.39, 0.29) is 5.91 Å². The van der Waals surface area contributed by atoms with Crippen molar-refractivity contribution < 1.29 is 19.0 Å². The molecule has 0 spiro atoms. The van der Waals surface area contributed by atoms with Gasteiger partial charge in [0.25, 0.3) is 0 Å². The van der Waals surface area contributed by atoms with Crippen molar-refractivity contribution in [1.82, 2.24) is 15.1 Å². The zero-order valence-corrected chi connectivity index (χ0v) is 17.2. The highest BCUT2D eigenvalue weighted by molar-refractivity contribution is 7.18. The van der Waals surface area contributed by atoms with Crippen molar-refractivity contribution in [3.8, 4) is 27.8 Å². The first kappa shape index (κ1) is 20.9. The van der Waals surface area contributed by atoms with Crippen molar-refractivity contribution in [3.05, 3.63) is 12.1 Å². The summed E-state index contributed by atoms with van der Waals surface area (Å²) in [4.78, 5) is 14.2. The van der Waals surface area contributed by atoms with Crippen LogP contribution in [0.2, 0.25) is 0 Å². The second-order valence-electron chi connectivity index (χ2n) is 5.56. The molecule has 27 heavy (non-hydrogen) atoms. The molecule has 0 aliphatic rings. The number of nitrogens with zero attached hydrogens (tertiary/aromatic N) is 3. The van der Waals surface area contributed by atoms with E-state index < -0.39 is 0 Å². The van der Waals surface area contributed by atoms with Gasteiger partial charge in [0.05, 0.1) is 27.4 Å². The molecule has 0 fully saturated rings. The lowest BCUT2D eigenvalue weighted by Crippen LogP contribution is -2.32. The number of anilines is 1. The number of carbonyl (C=O) groups is 1. The van der Waals surface area contributed by atoms with E-state index in [2.05, 4.69) is 15.5 Å². The Morgan fingerprint density at radius 1 is 1.11 bits per heavy atom. The average Bonchev–Trinajstić information content (AvgIpc) is 3.14. The van der Waals surface area contributed by atoms with Crippen LogP contribution >= 0.6 is 11.3 Å². The third-order valence-corrected chi connectivity index (χ3v) is 4.82. The molecular formula is C18H26N4O4S. The molecule has 1 N–H and O–H groups in total. The Balaban J connectivity index is 2.21. The summed E-state index contributed by atoms with van der Waals surface area (Å²) in [6.07, 6.45) is 0. The fourth-order valence-corrected chi connectivity index (χ4v) is 3.24. The molecule has 1 aromatic carbocycles. The summed E-state index contributed by atoms with van der Waals surface area (Å²) in [6, 6.07) is 3.63. The lowest BCUT2D eigenvalue weighted by atomic mass is 10.2. The molecule has 0 unspecified atom stereocenters. The lowest BCUT2D eigenvalue weighted by Gasteiger charge is -2.16. The van der Waals surface area contributed by atoms with Crippen LogP contribution in [0.3, 0.4) is 0 Å². The number of nitrogens with one attached hydrogen (secondary N) is 1. The van der Waals surface area contributed by atoms with Gasteiger partial charge in [-0.25, -0.2) is 0 Å². The minimum atomic E-state index is -0.108. The van der Waals surface area contributed by atoms with E-state index >= 15 is 0 Å². The first-order valence-electron chi connectivity index (χ1n) is 8.81. The molecule has 0 atom stereocenters. The van der Waals surface area contributed by atoms with Gasteiger partial charge in [-0.1, -0.05) is 25.2 Å². The first-order chi connectivity index (χ1) is 13.1. The summed E-state index contributed by atoms with van der Waals surface area (Å²) >= 11 is 1.29. The molecule has 1 aromatic heterocycles. The van der Waals surface area contributed by atoms with Crippen LogP contribution in [-0.4, -0.2) is 61.5 Å². The van der Waals surface area contributed by atoms with Crippen LogP contribution in [0, 0.1) is 0 Å². The molecule has 0 radical (unpaired) electrons. The van der Waals surface area contributed by atoms with Gasteiger partial charge in [0.1, 0.15) is 5.01 Å². The van der Waals surface area contributed by atoms with E-state index in [0.29, 0.717) is 40.5 Å². The highest BCUT2D eigenvalue weighted by Gasteiger charge is 2.18. The number of methoxy groups -OCH3 is 2. The molecule has 0 aliphatic heterocycles. The number of ether oxygens (including phenoxy) is 3. The van der Waals surface area contributed by atoms with E-state index in [0.717, 1.165) is 18.7 Å². The molecule has 8 nitrogen and oxygen atoms in total. The Morgan fingerprint density at radius 3 is 2.26 bits per heavy atom. The van der Waals surface area contributed by atoms with E-state index in [1.165, 1.54) is 11.3 Å². The van der Waals surface area contributed by atoms with Gasteiger partial charge in [-0.3, -0.25) is 15.0 Å². The summed E-state index contributed by atoms with van der Waals surface area (Å²) in [5.41, 5.74) is 0.772. The number of likely N-dealkylation sites (N-methyl/N-ethyl adjacent to an activating group) is 1. The topological polar surface area (TPSA) is 85.8 Å². The number of benzene rings is 1. The number of aromatic nitrogens is 2. The van der Waals surface area contributed by atoms with Crippen LogP contribution in [0.1, 0.15) is 20.8 Å². The molecular weight excluding hydrogens is 368 g/mol. The van der Waals surface area contributed by atoms with Crippen LogP contribution < -0.4 is 19.5 Å². The first-order valence-corrected chi connectivity index (χ1v) is 9.62. The van der Waals surface area contributed by atoms with Crippen LogP contribution in [0.25, 0.3) is 10.6 Å². The van der Waals surface area contributed by atoms with E-state index in [4.69, 9.17) is 14.2 Å². The van der Waals surface area contributed by atoms with Crippen molar-refractivity contribution in [3.63, 3.8) is 0 Å². The Bertz CT molecular complexity index is 737. The van der Waals surface area contributed by atoms with Gasteiger partial charge in [-0.15, -0.1) is 10.2 Å². The van der Waals surface area contributed by atoms with Crippen molar-refractivity contribution in [2.24, 2.45) is 0 Å². The van der Waals surface area contributed by atoms with Gasteiger partial charge < -0.3 is 14.2 Å². The summed E-state index contributed by atoms with van der Waals surface area (Å²) < 4.78 is 16.4. The quantitative estimate of drug-likeness (QED) is 0.663. The predicted octanol–water partition coefficient (Wildman–Crippen LogP) is 2.90. The summed E-state index contributed by atoms with van der Waals surface area (Å²) in [6.45, 7) is 8.39. The minimum absolute atomic E-state index is 0.108. The number of amides is 1. The summed E-state index contributed by atoms with van der Waals surface area (Å²) in [7, 11) is 3.14. The maximum Gasteiger partial charge on any atom is 0.240 e. The minimum Gasteiger partial charge on any atom is -0.493 e. The van der Waals surface area contributed by atoms with Crippen molar-refractivity contribution in [2.75, 3.05) is 45.8 Å². The Morgan fingerprint density at radius 2 is 1.74 bits per heavy atom. The molecule has 0 aliphatic carbocycles. The number of hydrogen-bond donors (Lipinski definition) is 1. The highest BCUT2D eigenvalue weighted by Crippen LogP contribution is 2.42. The molecule has 1 amide bonds. The third kappa shape index (κ3) is 5.30. The SMILES string of the molecule is CCOc1c(OC)cc(-c2nnc(NC(=O)CN(CC)CC)s2)cc1OC. The molecule has 2 aromatic rings. The third-order valence-electron chi connectivity index (χ3n) is 3.93. The van der Waals surface area contributed by atoms with E-state index in [1.807, 2.05) is 37.8 Å². The largest absolute Gasteiger partial charge is 0.493 e. The molecule has 9 heteroatoms. The molecule has 2 rings (SSSR count). The second-order valence-corrected chi connectivity index (χ2v) is 6.54. The second kappa shape index (κ2) is 10.1. The fourth-order valence-electron chi connectivity index (χ4n) is 2.49. The van der Waals surface area contributed by atoms with Crippen LogP contribution in [0.5, 0.6) is 17.2 Å². The van der Waals surface area contributed by atoms with E-state index in [1.54, 1.807) is 14.2 Å². The monoisotopic (exact) mass is 394 g/mol.